The van der Waals surface area contributed by atoms with Gasteiger partial charge in [-0.05, 0) is 5.53 Å². The van der Waals surface area contributed by atoms with Crippen molar-refractivity contribution in [3.8, 4) is 0 Å². The molecule has 0 aliphatic carbocycles. The molecule has 0 radical (unpaired) electrons. The van der Waals surface area contributed by atoms with Crippen LogP contribution in [-0.2, 0) is 33.2 Å². The van der Waals surface area contributed by atoms with Crippen molar-refractivity contribution in [3.63, 3.8) is 0 Å². The number of amides is 1. The summed E-state index contributed by atoms with van der Waals surface area (Å²) in [6, 6.07) is -1.59. The van der Waals surface area contributed by atoms with Gasteiger partial charge < -0.3 is 44.0 Å². The van der Waals surface area contributed by atoms with E-state index < -0.39 is 42.2 Å². The van der Waals surface area contributed by atoms with Crippen molar-refractivity contribution in [3.05, 3.63) is 10.4 Å². The van der Waals surface area contributed by atoms with Gasteiger partial charge in [-0.2, -0.15) is 13.2 Å². The fourth-order valence-electron chi connectivity index (χ4n) is 3.13. The van der Waals surface area contributed by atoms with Crippen LogP contribution in [-0.4, -0.2) is 118 Å². The minimum atomic E-state index is -5.16. The van der Waals surface area contributed by atoms with E-state index in [9.17, 15) is 28.2 Å². The highest BCUT2D eigenvalue weighted by atomic mass is 19.4. The largest absolute Gasteiger partial charge is 0.471 e. The van der Waals surface area contributed by atoms with E-state index in [1.165, 1.54) is 0 Å². The van der Waals surface area contributed by atoms with Gasteiger partial charge >= 0.3 is 12.1 Å². The van der Waals surface area contributed by atoms with E-state index >= 15 is 0 Å². The number of aliphatic hydroxyl groups is 2. The molecular weight excluding hydrogens is 461 g/mol. The SMILES string of the molecule is [N-]=[N+]=NCCOCCOCCOCCOC[C@@]12CO[C@@H](O1)[C@H](NC(=O)C(F)(F)F)[C@@H](O)[C@H]2O. The lowest BCUT2D eigenvalue weighted by molar-refractivity contribution is -0.240. The Morgan fingerprint density at radius 2 is 1.67 bits per heavy atom. The highest BCUT2D eigenvalue weighted by Gasteiger charge is 2.60. The third-order valence-electron chi connectivity index (χ3n) is 4.78. The Bertz CT molecular complexity index is 668. The zero-order chi connectivity index (χ0) is 24.3. The van der Waals surface area contributed by atoms with Crippen LogP contribution >= 0.6 is 0 Å². The molecule has 2 bridgehead atoms. The predicted octanol–water partition coefficient (Wildman–Crippen LogP) is -0.743. The molecule has 2 aliphatic heterocycles. The van der Waals surface area contributed by atoms with Crippen LogP contribution in [0.3, 0.4) is 0 Å². The number of aliphatic hydroxyl groups excluding tert-OH is 2. The Morgan fingerprint density at radius 3 is 2.24 bits per heavy atom. The van der Waals surface area contributed by atoms with Crippen molar-refractivity contribution >= 4 is 5.91 Å². The number of azide groups is 1. The van der Waals surface area contributed by atoms with Crippen molar-refractivity contribution in [2.75, 3.05) is 66.0 Å². The second kappa shape index (κ2) is 13.2. The first-order valence-corrected chi connectivity index (χ1v) is 10.1. The molecule has 0 unspecified atom stereocenters. The molecule has 190 valence electrons. The summed E-state index contributed by atoms with van der Waals surface area (Å²) in [5.41, 5.74) is 6.61. The van der Waals surface area contributed by atoms with Gasteiger partial charge in [-0.3, -0.25) is 4.79 Å². The summed E-state index contributed by atoms with van der Waals surface area (Å²) in [4.78, 5) is 13.7. The highest BCUT2D eigenvalue weighted by molar-refractivity contribution is 5.82. The number of carbonyl (C=O) groups is 1. The number of ether oxygens (including phenoxy) is 6. The third kappa shape index (κ3) is 8.20. The average molecular weight is 488 g/mol. The minimum absolute atomic E-state index is 0.106. The lowest BCUT2D eigenvalue weighted by atomic mass is 9.88. The summed E-state index contributed by atoms with van der Waals surface area (Å²) < 4.78 is 69.3. The molecule has 16 heteroatoms. The molecule has 13 nitrogen and oxygen atoms in total. The fourth-order valence-corrected chi connectivity index (χ4v) is 3.13. The number of fused-ring (bicyclic) bond motifs is 2. The van der Waals surface area contributed by atoms with Gasteiger partial charge in [0.2, 0.25) is 0 Å². The second-order valence-electron chi connectivity index (χ2n) is 7.14. The molecule has 0 aromatic heterocycles. The fraction of sp³-hybridized carbons (Fsp3) is 0.941. The molecule has 2 heterocycles. The van der Waals surface area contributed by atoms with Gasteiger partial charge in [0.05, 0.1) is 59.5 Å². The van der Waals surface area contributed by atoms with Crippen LogP contribution in [0.1, 0.15) is 0 Å². The van der Waals surface area contributed by atoms with E-state index in [2.05, 4.69) is 10.0 Å². The molecule has 5 atom stereocenters. The lowest BCUT2D eigenvalue weighted by Gasteiger charge is -2.42. The van der Waals surface area contributed by atoms with Crippen LogP contribution in [0.2, 0.25) is 0 Å². The molecule has 1 amide bonds. The minimum Gasteiger partial charge on any atom is -0.388 e. The lowest BCUT2D eigenvalue weighted by Crippen LogP contribution is -2.67. The van der Waals surface area contributed by atoms with Gasteiger partial charge in [-0.25, -0.2) is 0 Å². The van der Waals surface area contributed by atoms with E-state index in [1.807, 2.05) is 0 Å². The molecule has 3 N–H and O–H groups in total. The zero-order valence-electron chi connectivity index (χ0n) is 17.6. The quantitative estimate of drug-likeness (QED) is 0.116. The third-order valence-corrected chi connectivity index (χ3v) is 4.78. The summed E-state index contributed by atoms with van der Waals surface area (Å²) in [7, 11) is 0. The van der Waals surface area contributed by atoms with Crippen LogP contribution in [0.25, 0.3) is 10.4 Å². The Hall–Kier alpha value is -1.75. The average Bonchev–Trinajstić information content (AvgIpc) is 3.17. The van der Waals surface area contributed by atoms with Gasteiger partial charge in [-0.1, -0.05) is 5.11 Å². The smallest absolute Gasteiger partial charge is 0.388 e. The number of hydrogen-bond donors (Lipinski definition) is 3. The maximum absolute atomic E-state index is 12.5. The summed E-state index contributed by atoms with van der Waals surface area (Å²) in [5, 5.41) is 25.5. The van der Waals surface area contributed by atoms with Crippen LogP contribution in [0.4, 0.5) is 13.2 Å². The van der Waals surface area contributed by atoms with Gasteiger partial charge in [0, 0.05) is 11.5 Å². The normalized spacial score (nSPS) is 29.0. The zero-order valence-corrected chi connectivity index (χ0v) is 17.6. The number of alkyl halides is 3. The molecule has 2 fully saturated rings. The topological polar surface area (TPSA) is 174 Å². The molecule has 33 heavy (non-hydrogen) atoms. The van der Waals surface area contributed by atoms with E-state index in [0.717, 1.165) is 0 Å². The Kier molecular flexibility index (Phi) is 11.0. The molecule has 2 rings (SSSR count). The Labute approximate surface area is 186 Å². The van der Waals surface area contributed by atoms with Crippen molar-refractivity contribution in [2.45, 2.75) is 36.3 Å². The number of rotatable bonds is 15. The standard InChI is InChI=1S/C17H27F3N4O9/c18-17(19,20)15(27)23-11-12(25)13(26)16(10-32-14(11)33-16)9-31-8-7-30-6-5-29-4-3-28-2-1-22-24-21/h11-14,25-26H,1-10H2,(H,23,27)/t11-,12-,13-,14+,16+/m1/s1. The first kappa shape index (κ1) is 27.5. The van der Waals surface area contributed by atoms with Crippen LogP contribution in [0, 0.1) is 0 Å². The predicted molar refractivity (Wildman–Crippen MR) is 101 cm³/mol. The number of carbonyl (C=O) groups excluding carboxylic acids is 1. The molecule has 2 aliphatic rings. The Balaban J connectivity index is 1.58. The van der Waals surface area contributed by atoms with E-state index in [4.69, 9.17) is 34.0 Å². The van der Waals surface area contributed by atoms with Crippen molar-refractivity contribution in [1.29, 1.82) is 0 Å². The molecule has 2 saturated heterocycles. The van der Waals surface area contributed by atoms with Crippen LogP contribution in [0.5, 0.6) is 0 Å². The summed E-state index contributed by atoms with van der Waals surface area (Å²) >= 11 is 0. The molecule has 0 aromatic rings. The Morgan fingerprint density at radius 1 is 1.09 bits per heavy atom. The molecule has 0 aromatic carbocycles. The van der Waals surface area contributed by atoms with Crippen molar-refractivity contribution < 1.29 is 56.6 Å². The first-order chi connectivity index (χ1) is 15.7. The van der Waals surface area contributed by atoms with Crippen molar-refractivity contribution in [1.82, 2.24) is 5.32 Å². The van der Waals surface area contributed by atoms with E-state index in [1.54, 1.807) is 5.32 Å². The second-order valence-corrected chi connectivity index (χ2v) is 7.14. The highest BCUT2D eigenvalue weighted by Crippen LogP contribution is 2.37. The van der Waals surface area contributed by atoms with Crippen LogP contribution < -0.4 is 5.32 Å². The monoisotopic (exact) mass is 488 g/mol. The summed E-state index contributed by atoms with van der Waals surface area (Å²) in [5.74, 6) is -2.28. The van der Waals surface area contributed by atoms with Crippen molar-refractivity contribution in [2.24, 2.45) is 5.11 Å². The van der Waals surface area contributed by atoms with Crippen LogP contribution in [0.15, 0.2) is 5.11 Å². The van der Waals surface area contributed by atoms with E-state index in [-0.39, 0.29) is 39.6 Å². The maximum Gasteiger partial charge on any atom is 0.471 e. The maximum atomic E-state index is 12.5. The number of nitrogens with one attached hydrogen (secondary N) is 1. The van der Waals surface area contributed by atoms with Gasteiger partial charge in [0.25, 0.3) is 0 Å². The summed E-state index contributed by atoms with van der Waals surface area (Å²) in [6.45, 7) is 1.71. The first-order valence-electron chi connectivity index (χ1n) is 10.1. The van der Waals surface area contributed by atoms with Gasteiger partial charge in [-0.15, -0.1) is 0 Å². The van der Waals surface area contributed by atoms with E-state index in [0.29, 0.717) is 26.4 Å². The van der Waals surface area contributed by atoms with Gasteiger partial charge in [0.1, 0.15) is 23.9 Å². The number of hydrogen-bond acceptors (Lipinski definition) is 10. The number of halogens is 3. The molecular formula is C17H27F3N4O9. The molecule has 0 saturated carbocycles. The molecule has 0 spiro atoms. The number of nitrogens with zero attached hydrogens (tertiary/aromatic N) is 3. The van der Waals surface area contributed by atoms with Gasteiger partial charge in [0.15, 0.2) is 6.29 Å². The summed E-state index contributed by atoms with van der Waals surface area (Å²) in [6.07, 6.45) is -9.93.